The van der Waals surface area contributed by atoms with Crippen molar-refractivity contribution >= 4 is 5.97 Å². The van der Waals surface area contributed by atoms with Crippen LogP contribution in [0.3, 0.4) is 0 Å². The van der Waals surface area contributed by atoms with Crippen LogP contribution in [0.15, 0.2) is 36.9 Å². The zero-order valence-corrected chi connectivity index (χ0v) is 12.7. The number of esters is 1. The largest absolute Gasteiger partial charge is 0.493 e. The highest BCUT2D eigenvalue weighted by atomic mass is 16.5. The standard InChI is InChI=1S/C16H23NO4/c1-4-10-17(13-16(18)20-5-2)11-12-21-15-9-7-6-8-14(15)19-3/h4,6-9H,1,5,10-13H2,2-3H3. The first kappa shape index (κ1) is 17.0. The van der Waals surface area contributed by atoms with Crippen LogP contribution in [0, 0.1) is 0 Å². The first-order chi connectivity index (χ1) is 10.2. The molecule has 0 amide bonds. The number of methoxy groups -OCH3 is 1. The molecule has 0 saturated heterocycles. The highest BCUT2D eigenvalue weighted by Gasteiger charge is 2.11. The molecule has 5 heteroatoms. The fourth-order valence-electron chi connectivity index (χ4n) is 1.83. The second-order valence-electron chi connectivity index (χ2n) is 4.33. The molecule has 0 aromatic heterocycles. The summed E-state index contributed by atoms with van der Waals surface area (Å²) in [5, 5.41) is 0. The highest BCUT2D eigenvalue weighted by molar-refractivity contribution is 5.71. The number of carbonyl (C=O) groups excluding carboxylic acids is 1. The van der Waals surface area contributed by atoms with Gasteiger partial charge in [0, 0.05) is 13.1 Å². The summed E-state index contributed by atoms with van der Waals surface area (Å²) in [7, 11) is 1.60. The maximum Gasteiger partial charge on any atom is 0.320 e. The minimum absolute atomic E-state index is 0.231. The zero-order valence-electron chi connectivity index (χ0n) is 12.7. The van der Waals surface area contributed by atoms with Crippen molar-refractivity contribution in [3.8, 4) is 11.5 Å². The number of hydrogen-bond acceptors (Lipinski definition) is 5. The molecule has 0 unspecified atom stereocenters. The maximum atomic E-state index is 11.5. The quantitative estimate of drug-likeness (QED) is 0.488. The summed E-state index contributed by atoms with van der Waals surface area (Å²) in [6, 6.07) is 7.46. The lowest BCUT2D eigenvalue weighted by Gasteiger charge is -2.20. The van der Waals surface area contributed by atoms with Crippen molar-refractivity contribution in [2.75, 3.05) is 40.0 Å². The summed E-state index contributed by atoms with van der Waals surface area (Å²) in [4.78, 5) is 13.4. The van der Waals surface area contributed by atoms with E-state index in [1.54, 1.807) is 20.1 Å². The molecule has 0 aliphatic rings. The first-order valence-corrected chi connectivity index (χ1v) is 6.96. The van der Waals surface area contributed by atoms with E-state index >= 15 is 0 Å². The second kappa shape index (κ2) is 9.83. The van der Waals surface area contributed by atoms with Crippen LogP contribution in [0.4, 0.5) is 0 Å². The van der Waals surface area contributed by atoms with Crippen molar-refractivity contribution in [1.29, 1.82) is 0 Å². The molecular formula is C16H23NO4. The summed E-state index contributed by atoms with van der Waals surface area (Å²) in [5.41, 5.74) is 0. The van der Waals surface area contributed by atoms with E-state index < -0.39 is 0 Å². The van der Waals surface area contributed by atoms with Gasteiger partial charge in [-0.1, -0.05) is 18.2 Å². The molecule has 5 nitrogen and oxygen atoms in total. The normalized spacial score (nSPS) is 10.2. The van der Waals surface area contributed by atoms with Crippen molar-refractivity contribution in [2.45, 2.75) is 6.92 Å². The summed E-state index contributed by atoms with van der Waals surface area (Å²) in [6.07, 6.45) is 1.75. The average molecular weight is 293 g/mol. The van der Waals surface area contributed by atoms with Gasteiger partial charge in [-0.25, -0.2) is 0 Å². The average Bonchev–Trinajstić information content (AvgIpc) is 2.48. The van der Waals surface area contributed by atoms with Crippen LogP contribution in [0.1, 0.15) is 6.92 Å². The van der Waals surface area contributed by atoms with E-state index in [1.807, 2.05) is 29.2 Å². The lowest BCUT2D eigenvalue weighted by Crippen LogP contribution is -2.34. The molecule has 1 aromatic carbocycles. The van der Waals surface area contributed by atoms with Crippen molar-refractivity contribution in [3.63, 3.8) is 0 Å². The number of rotatable bonds is 10. The van der Waals surface area contributed by atoms with Gasteiger partial charge in [-0.2, -0.15) is 0 Å². The summed E-state index contributed by atoms with van der Waals surface area (Å²) < 4.78 is 15.9. The number of ether oxygens (including phenoxy) is 3. The van der Waals surface area contributed by atoms with Crippen molar-refractivity contribution in [2.24, 2.45) is 0 Å². The van der Waals surface area contributed by atoms with Gasteiger partial charge in [-0.3, -0.25) is 9.69 Å². The van der Waals surface area contributed by atoms with E-state index in [1.165, 1.54) is 0 Å². The molecule has 0 aliphatic carbocycles. The summed E-state index contributed by atoms with van der Waals surface area (Å²) in [6.45, 7) is 7.76. The predicted octanol–water partition coefficient (Wildman–Crippen LogP) is 2.13. The first-order valence-electron chi connectivity index (χ1n) is 6.96. The number of para-hydroxylation sites is 2. The Balaban J connectivity index is 2.45. The number of nitrogens with zero attached hydrogens (tertiary/aromatic N) is 1. The van der Waals surface area contributed by atoms with Gasteiger partial charge in [0.25, 0.3) is 0 Å². The van der Waals surface area contributed by atoms with Gasteiger partial charge >= 0.3 is 5.97 Å². The molecule has 0 spiro atoms. The monoisotopic (exact) mass is 293 g/mol. The molecule has 0 heterocycles. The Morgan fingerprint density at radius 3 is 2.67 bits per heavy atom. The van der Waals surface area contributed by atoms with E-state index in [2.05, 4.69) is 6.58 Å². The topological polar surface area (TPSA) is 48.0 Å². The molecule has 0 radical (unpaired) electrons. The van der Waals surface area contributed by atoms with Crippen molar-refractivity contribution in [1.82, 2.24) is 4.90 Å². The van der Waals surface area contributed by atoms with E-state index in [9.17, 15) is 4.79 Å². The van der Waals surface area contributed by atoms with Crippen LogP contribution in [0.25, 0.3) is 0 Å². The van der Waals surface area contributed by atoms with E-state index in [4.69, 9.17) is 14.2 Å². The Bertz CT molecular complexity index is 448. The Morgan fingerprint density at radius 2 is 2.05 bits per heavy atom. The Kier molecular flexibility index (Phi) is 7.97. The van der Waals surface area contributed by atoms with Gasteiger partial charge in [0.05, 0.1) is 20.3 Å². The fraction of sp³-hybridized carbons (Fsp3) is 0.438. The maximum absolute atomic E-state index is 11.5. The van der Waals surface area contributed by atoms with Gasteiger partial charge in [0.1, 0.15) is 6.61 Å². The summed E-state index contributed by atoms with van der Waals surface area (Å²) in [5.74, 6) is 1.14. The zero-order chi connectivity index (χ0) is 15.5. The molecule has 1 rings (SSSR count). The van der Waals surface area contributed by atoms with E-state index in [0.717, 1.165) is 0 Å². The molecule has 0 atom stereocenters. The number of benzene rings is 1. The summed E-state index contributed by atoms with van der Waals surface area (Å²) >= 11 is 0. The van der Waals surface area contributed by atoms with Gasteiger partial charge in [-0.15, -0.1) is 6.58 Å². The number of hydrogen-bond donors (Lipinski definition) is 0. The molecule has 0 N–H and O–H groups in total. The van der Waals surface area contributed by atoms with Gasteiger partial charge in [0.2, 0.25) is 0 Å². The lowest BCUT2D eigenvalue weighted by atomic mass is 10.3. The third kappa shape index (κ3) is 6.31. The lowest BCUT2D eigenvalue weighted by molar-refractivity contribution is -0.144. The Hall–Kier alpha value is -2.01. The molecule has 1 aromatic rings. The SMILES string of the molecule is C=CCN(CCOc1ccccc1OC)CC(=O)OCC. The van der Waals surface area contributed by atoms with Gasteiger partial charge in [0.15, 0.2) is 11.5 Å². The minimum Gasteiger partial charge on any atom is -0.493 e. The molecule has 0 bridgehead atoms. The molecule has 0 aliphatic heterocycles. The van der Waals surface area contributed by atoms with Crippen LogP contribution < -0.4 is 9.47 Å². The molecule has 116 valence electrons. The molecule has 21 heavy (non-hydrogen) atoms. The Labute approximate surface area is 126 Å². The fourth-order valence-corrected chi connectivity index (χ4v) is 1.83. The van der Waals surface area contributed by atoms with Crippen LogP contribution in [-0.4, -0.2) is 50.8 Å². The molecular weight excluding hydrogens is 270 g/mol. The van der Waals surface area contributed by atoms with E-state index in [0.29, 0.717) is 37.8 Å². The van der Waals surface area contributed by atoms with Gasteiger partial charge in [-0.05, 0) is 19.1 Å². The van der Waals surface area contributed by atoms with Gasteiger partial charge < -0.3 is 14.2 Å². The number of carbonyl (C=O) groups is 1. The molecule has 0 fully saturated rings. The smallest absolute Gasteiger partial charge is 0.320 e. The molecule has 0 saturated carbocycles. The van der Waals surface area contributed by atoms with Crippen molar-refractivity contribution < 1.29 is 19.0 Å². The predicted molar refractivity (Wildman–Crippen MR) is 81.8 cm³/mol. The highest BCUT2D eigenvalue weighted by Crippen LogP contribution is 2.25. The minimum atomic E-state index is -0.239. The van der Waals surface area contributed by atoms with Crippen molar-refractivity contribution in [3.05, 3.63) is 36.9 Å². The van der Waals surface area contributed by atoms with Crippen LogP contribution in [0.2, 0.25) is 0 Å². The Morgan fingerprint density at radius 1 is 1.33 bits per heavy atom. The third-order valence-corrected chi connectivity index (χ3v) is 2.78. The van der Waals surface area contributed by atoms with E-state index in [-0.39, 0.29) is 12.5 Å². The van der Waals surface area contributed by atoms with Crippen LogP contribution >= 0.6 is 0 Å². The second-order valence-corrected chi connectivity index (χ2v) is 4.33. The third-order valence-electron chi connectivity index (χ3n) is 2.78. The van der Waals surface area contributed by atoms with Crippen LogP contribution in [0.5, 0.6) is 11.5 Å². The van der Waals surface area contributed by atoms with Crippen LogP contribution in [-0.2, 0) is 9.53 Å².